The molecule has 0 aliphatic carbocycles. The van der Waals surface area contributed by atoms with Gasteiger partial charge in [0.05, 0.1) is 11.9 Å². The summed E-state index contributed by atoms with van der Waals surface area (Å²) in [5, 5.41) is 0. The summed E-state index contributed by atoms with van der Waals surface area (Å²) in [6.45, 7) is 3.70. The highest BCUT2D eigenvalue weighted by Gasteiger charge is 2.27. The molecule has 1 rings (SSSR count). The van der Waals surface area contributed by atoms with E-state index in [2.05, 4.69) is 0 Å². The van der Waals surface area contributed by atoms with E-state index in [-0.39, 0.29) is 11.9 Å². The lowest BCUT2D eigenvalue weighted by molar-refractivity contribution is 0.126. The first-order chi connectivity index (χ1) is 8.10. The molecular weight excluding hydrogens is 262 g/mol. The molecular formula is C11H22ClNO3S. The SMILES string of the molecule is CCCCN(CCCl)S(=O)(=O)CC1CCCO1. The fraction of sp³-hybridized carbons (Fsp3) is 1.00. The predicted molar refractivity (Wildman–Crippen MR) is 70.0 cm³/mol. The van der Waals surface area contributed by atoms with E-state index in [0.717, 1.165) is 25.7 Å². The van der Waals surface area contributed by atoms with Crippen LogP contribution < -0.4 is 0 Å². The normalized spacial score (nSPS) is 21.2. The smallest absolute Gasteiger partial charge is 0.216 e. The standard InChI is InChI=1S/C11H22ClNO3S/c1-2-3-7-13(8-6-12)17(14,15)10-11-5-4-9-16-11/h11H,2-10H2,1H3. The minimum absolute atomic E-state index is 0.105. The van der Waals surface area contributed by atoms with Gasteiger partial charge in [0.15, 0.2) is 0 Å². The van der Waals surface area contributed by atoms with Gasteiger partial charge in [-0.1, -0.05) is 13.3 Å². The number of rotatable bonds is 8. The first-order valence-corrected chi connectivity index (χ1v) is 8.40. The van der Waals surface area contributed by atoms with Crippen molar-refractivity contribution in [2.24, 2.45) is 0 Å². The first kappa shape index (κ1) is 15.2. The van der Waals surface area contributed by atoms with Gasteiger partial charge < -0.3 is 4.74 Å². The van der Waals surface area contributed by atoms with Crippen LogP contribution in [0, 0.1) is 0 Å². The van der Waals surface area contributed by atoms with E-state index in [4.69, 9.17) is 16.3 Å². The highest BCUT2D eigenvalue weighted by molar-refractivity contribution is 7.89. The molecule has 0 radical (unpaired) electrons. The Morgan fingerprint density at radius 1 is 1.41 bits per heavy atom. The van der Waals surface area contributed by atoms with Gasteiger partial charge in [-0.05, 0) is 19.3 Å². The Hall–Kier alpha value is 0.160. The van der Waals surface area contributed by atoms with Gasteiger partial charge in [-0.15, -0.1) is 11.6 Å². The number of nitrogens with zero attached hydrogens (tertiary/aromatic N) is 1. The summed E-state index contributed by atoms with van der Waals surface area (Å²) in [5.41, 5.74) is 0. The largest absolute Gasteiger partial charge is 0.377 e. The lowest BCUT2D eigenvalue weighted by Crippen LogP contribution is -2.38. The topological polar surface area (TPSA) is 46.6 Å². The minimum Gasteiger partial charge on any atom is -0.377 e. The van der Waals surface area contributed by atoms with Gasteiger partial charge in [-0.2, -0.15) is 0 Å². The van der Waals surface area contributed by atoms with Crippen LogP contribution in [0.1, 0.15) is 32.6 Å². The molecule has 1 heterocycles. The zero-order valence-electron chi connectivity index (χ0n) is 10.4. The van der Waals surface area contributed by atoms with Crippen molar-refractivity contribution in [3.8, 4) is 0 Å². The van der Waals surface area contributed by atoms with Crippen LogP contribution in [0.2, 0.25) is 0 Å². The van der Waals surface area contributed by atoms with Crippen LogP contribution in [-0.4, -0.2) is 50.2 Å². The van der Waals surface area contributed by atoms with Gasteiger partial charge >= 0.3 is 0 Å². The molecule has 4 nitrogen and oxygen atoms in total. The monoisotopic (exact) mass is 283 g/mol. The van der Waals surface area contributed by atoms with Gasteiger partial charge in [-0.25, -0.2) is 12.7 Å². The zero-order chi connectivity index (χ0) is 12.7. The molecule has 0 spiro atoms. The van der Waals surface area contributed by atoms with Crippen molar-refractivity contribution in [1.29, 1.82) is 0 Å². The molecule has 6 heteroatoms. The Morgan fingerprint density at radius 3 is 2.71 bits per heavy atom. The van der Waals surface area contributed by atoms with Crippen molar-refractivity contribution in [1.82, 2.24) is 4.31 Å². The molecule has 0 saturated carbocycles. The second kappa shape index (κ2) is 7.56. The van der Waals surface area contributed by atoms with E-state index in [0.29, 0.717) is 25.6 Å². The number of unbranched alkanes of at least 4 members (excludes halogenated alkanes) is 1. The number of halogens is 1. The van der Waals surface area contributed by atoms with E-state index in [1.165, 1.54) is 4.31 Å². The molecule has 1 unspecified atom stereocenters. The molecule has 1 fully saturated rings. The maximum Gasteiger partial charge on any atom is 0.216 e. The van der Waals surface area contributed by atoms with Gasteiger partial charge in [0.2, 0.25) is 10.0 Å². The summed E-state index contributed by atoms with van der Waals surface area (Å²) in [5.74, 6) is 0.446. The van der Waals surface area contributed by atoms with Gasteiger partial charge in [0, 0.05) is 25.6 Å². The molecule has 1 aliphatic heterocycles. The Morgan fingerprint density at radius 2 is 2.18 bits per heavy atom. The lowest BCUT2D eigenvalue weighted by atomic mass is 10.3. The Bertz CT molecular complexity index is 302. The van der Waals surface area contributed by atoms with E-state index in [1.54, 1.807) is 0 Å². The zero-order valence-corrected chi connectivity index (χ0v) is 12.0. The summed E-state index contributed by atoms with van der Waals surface area (Å²) in [6.07, 6.45) is 3.54. The Labute approximate surface area is 109 Å². The van der Waals surface area contributed by atoms with Crippen molar-refractivity contribution < 1.29 is 13.2 Å². The molecule has 0 aromatic carbocycles. The maximum absolute atomic E-state index is 12.2. The molecule has 17 heavy (non-hydrogen) atoms. The number of ether oxygens (including phenoxy) is 1. The third kappa shape index (κ3) is 5.12. The van der Waals surface area contributed by atoms with E-state index >= 15 is 0 Å². The minimum atomic E-state index is -3.22. The molecule has 0 bridgehead atoms. The Kier molecular flexibility index (Phi) is 6.77. The van der Waals surface area contributed by atoms with Crippen LogP contribution >= 0.6 is 11.6 Å². The van der Waals surface area contributed by atoms with E-state index < -0.39 is 10.0 Å². The molecule has 102 valence electrons. The number of hydrogen-bond donors (Lipinski definition) is 0. The third-order valence-corrected chi connectivity index (χ3v) is 5.02. The first-order valence-electron chi connectivity index (χ1n) is 6.25. The van der Waals surface area contributed by atoms with Gasteiger partial charge in [0.1, 0.15) is 0 Å². The summed E-state index contributed by atoms with van der Waals surface area (Å²) < 4.78 is 31.2. The van der Waals surface area contributed by atoms with Crippen LogP contribution in [0.25, 0.3) is 0 Å². The number of sulfonamides is 1. The average Bonchev–Trinajstić information content (AvgIpc) is 2.75. The van der Waals surface area contributed by atoms with E-state index in [1.807, 2.05) is 6.92 Å². The van der Waals surface area contributed by atoms with Crippen molar-refractivity contribution in [2.75, 3.05) is 31.3 Å². The fourth-order valence-electron chi connectivity index (χ4n) is 1.93. The van der Waals surface area contributed by atoms with Crippen molar-refractivity contribution in [3.63, 3.8) is 0 Å². The summed E-state index contributed by atoms with van der Waals surface area (Å²) in [6, 6.07) is 0. The van der Waals surface area contributed by atoms with Crippen LogP contribution in [0.15, 0.2) is 0 Å². The molecule has 1 atom stereocenters. The lowest BCUT2D eigenvalue weighted by Gasteiger charge is -2.22. The predicted octanol–water partition coefficient (Wildman–Crippen LogP) is 1.84. The molecule has 1 saturated heterocycles. The average molecular weight is 284 g/mol. The van der Waals surface area contributed by atoms with Crippen LogP contribution in [0.3, 0.4) is 0 Å². The summed E-state index contributed by atoms with van der Waals surface area (Å²) in [7, 11) is -3.22. The van der Waals surface area contributed by atoms with Gasteiger partial charge in [-0.3, -0.25) is 0 Å². The third-order valence-electron chi connectivity index (χ3n) is 2.91. The number of hydrogen-bond acceptors (Lipinski definition) is 3. The van der Waals surface area contributed by atoms with Crippen molar-refractivity contribution in [3.05, 3.63) is 0 Å². The molecule has 0 aromatic rings. The molecule has 1 aliphatic rings. The molecule has 0 N–H and O–H groups in total. The van der Waals surface area contributed by atoms with Crippen molar-refractivity contribution in [2.45, 2.75) is 38.7 Å². The van der Waals surface area contributed by atoms with Crippen LogP contribution in [0.5, 0.6) is 0 Å². The van der Waals surface area contributed by atoms with Gasteiger partial charge in [0.25, 0.3) is 0 Å². The van der Waals surface area contributed by atoms with E-state index in [9.17, 15) is 8.42 Å². The quantitative estimate of drug-likeness (QED) is 0.639. The second-order valence-electron chi connectivity index (χ2n) is 4.36. The van der Waals surface area contributed by atoms with Crippen LogP contribution in [-0.2, 0) is 14.8 Å². The summed E-state index contributed by atoms with van der Waals surface area (Å²) in [4.78, 5) is 0. The van der Waals surface area contributed by atoms with Crippen LogP contribution in [0.4, 0.5) is 0 Å². The second-order valence-corrected chi connectivity index (χ2v) is 6.75. The Balaban J connectivity index is 2.55. The fourth-order valence-corrected chi connectivity index (χ4v) is 3.96. The van der Waals surface area contributed by atoms with Crippen molar-refractivity contribution >= 4 is 21.6 Å². The number of alkyl halides is 1. The maximum atomic E-state index is 12.2. The highest BCUT2D eigenvalue weighted by atomic mass is 35.5. The highest BCUT2D eigenvalue weighted by Crippen LogP contribution is 2.16. The summed E-state index contributed by atoms with van der Waals surface area (Å²) >= 11 is 5.66. The molecule has 0 aromatic heterocycles. The molecule has 0 amide bonds.